The van der Waals surface area contributed by atoms with Crippen LogP contribution in [0.3, 0.4) is 0 Å². The zero-order valence-corrected chi connectivity index (χ0v) is 9.27. The zero-order chi connectivity index (χ0) is 12.8. The summed E-state index contributed by atoms with van der Waals surface area (Å²) in [7, 11) is 0. The van der Waals surface area contributed by atoms with Crippen LogP contribution in [0.15, 0.2) is 17.2 Å². The molecule has 0 unspecified atom stereocenters. The minimum atomic E-state index is -1.18. The maximum absolute atomic E-state index is 10.8. The van der Waals surface area contributed by atoms with Crippen LogP contribution in [0.1, 0.15) is 15.9 Å². The topological polar surface area (TPSA) is 112 Å². The van der Waals surface area contributed by atoms with Crippen molar-refractivity contribution in [3.05, 3.63) is 38.7 Å². The van der Waals surface area contributed by atoms with Crippen LogP contribution in [-0.4, -0.2) is 17.6 Å². The lowest BCUT2D eigenvalue weighted by Crippen LogP contribution is -2.04. The molecule has 86 valence electrons. The Bertz CT molecular complexity index is 568. The fraction of sp³-hybridized carbons (Fsp3) is 0.100. The summed E-state index contributed by atoms with van der Waals surface area (Å²) in [5, 5.41) is 12.3. The molecule has 0 amide bonds. The summed E-state index contributed by atoms with van der Waals surface area (Å²) in [6.45, 7) is -0.0230. The first-order valence-electron chi connectivity index (χ1n) is 4.38. The van der Waals surface area contributed by atoms with Crippen molar-refractivity contribution in [1.82, 2.24) is 0 Å². The van der Waals surface area contributed by atoms with Crippen molar-refractivity contribution in [2.45, 2.75) is 0 Å². The van der Waals surface area contributed by atoms with Gasteiger partial charge in [0, 0.05) is 15.5 Å². The van der Waals surface area contributed by atoms with Crippen molar-refractivity contribution < 1.29 is 9.90 Å². The van der Waals surface area contributed by atoms with Gasteiger partial charge in [-0.2, -0.15) is 0 Å². The summed E-state index contributed by atoms with van der Waals surface area (Å²) in [4.78, 5) is 13.4. The number of carboxylic acid groups (broad SMARTS) is 1. The molecule has 17 heavy (non-hydrogen) atoms. The molecule has 0 heterocycles. The van der Waals surface area contributed by atoms with Crippen LogP contribution < -0.4 is 5.73 Å². The number of halogens is 1. The molecule has 7 heteroatoms. The van der Waals surface area contributed by atoms with Crippen LogP contribution >= 0.6 is 11.6 Å². The highest BCUT2D eigenvalue weighted by atomic mass is 35.5. The molecule has 0 saturated carbocycles. The van der Waals surface area contributed by atoms with Gasteiger partial charge in [0.1, 0.15) is 0 Å². The van der Waals surface area contributed by atoms with E-state index in [1.807, 2.05) is 0 Å². The van der Waals surface area contributed by atoms with Gasteiger partial charge in [0.05, 0.1) is 17.8 Å². The molecule has 1 rings (SSSR count). The van der Waals surface area contributed by atoms with Gasteiger partial charge in [-0.05, 0) is 17.7 Å². The third-order valence-electron chi connectivity index (χ3n) is 1.81. The van der Waals surface area contributed by atoms with Crippen molar-refractivity contribution in [1.29, 1.82) is 0 Å². The van der Waals surface area contributed by atoms with Gasteiger partial charge in [0.25, 0.3) is 0 Å². The van der Waals surface area contributed by atoms with Gasteiger partial charge in [-0.15, -0.1) is 0 Å². The van der Waals surface area contributed by atoms with E-state index in [0.717, 1.165) is 0 Å². The Morgan fingerprint density at radius 2 is 2.35 bits per heavy atom. The lowest BCUT2D eigenvalue weighted by atomic mass is 10.1. The van der Waals surface area contributed by atoms with Crippen molar-refractivity contribution in [2.75, 3.05) is 12.3 Å². The number of hydrogen-bond acceptors (Lipinski definition) is 3. The van der Waals surface area contributed by atoms with Gasteiger partial charge in [-0.25, -0.2) is 4.79 Å². The van der Waals surface area contributed by atoms with Crippen LogP contribution in [0.2, 0.25) is 5.02 Å². The molecule has 0 spiro atoms. The summed E-state index contributed by atoms with van der Waals surface area (Å²) >= 11 is 5.74. The number of anilines is 1. The highest BCUT2D eigenvalue weighted by Crippen LogP contribution is 2.22. The lowest BCUT2D eigenvalue weighted by Gasteiger charge is -2.04. The summed E-state index contributed by atoms with van der Waals surface area (Å²) in [5.74, 6) is 3.95. The number of nitrogens with two attached hydrogens (primary N) is 1. The third kappa shape index (κ3) is 3.31. The molecule has 0 bridgehead atoms. The van der Waals surface area contributed by atoms with E-state index in [9.17, 15) is 4.79 Å². The van der Waals surface area contributed by atoms with Crippen LogP contribution in [0.5, 0.6) is 0 Å². The lowest BCUT2D eigenvalue weighted by molar-refractivity contribution is 0.0698. The average Bonchev–Trinajstić information content (AvgIpc) is 2.28. The molecule has 0 radical (unpaired) electrons. The number of carboxylic acids is 1. The van der Waals surface area contributed by atoms with Crippen molar-refractivity contribution in [2.24, 2.45) is 5.11 Å². The number of carbonyl (C=O) groups is 1. The molecule has 6 nitrogen and oxygen atoms in total. The first-order valence-corrected chi connectivity index (χ1v) is 4.76. The maximum atomic E-state index is 10.8. The number of hydrogen-bond donors (Lipinski definition) is 2. The Hall–Kier alpha value is -2.35. The van der Waals surface area contributed by atoms with Crippen LogP contribution in [0.25, 0.3) is 10.4 Å². The molecule has 0 aliphatic rings. The molecule has 0 saturated heterocycles. The Balaban J connectivity index is 3.18. The van der Waals surface area contributed by atoms with E-state index in [4.69, 9.17) is 28.0 Å². The highest BCUT2D eigenvalue weighted by Gasteiger charge is 2.11. The summed E-state index contributed by atoms with van der Waals surface area (Å²) in [6.07, 6.45) is 0. The standard InChI is InChI=1S/C10H7ClN4O2/c11-7-4-6(2-1-3-14-15-13)9(12)8(5-7)10(16)17/h4-5H,3,12H2,(H,16,17). The highest BCUT2D eigenvalue weighted by molar-refractivity contribution is 6.31. The van der Waals surface area contributed by atoms with Crippen molar-refractivity contribution >= 4 is 23.3 Å². The number of rotatable bonds is 2. The molecule has 0 fully saturated rings. The second kappa shape index (κ2) is 5.66. The van der Waals surface area contributed by atoms with E-state index in [-0.39, 0.29) is 22.8 Å². The average molecular weight is 251 g/mol. The van der Waals surface area contributed by atoms with Gasteiger partial charge >= 0.3 is 5.97 Å². The predicted molar refractivity (Wildman–Crippen MR) is 63.7 cm³/mol. The Morgan fingerprint density at radius 1 is 1.65 bits per heavy atom. The van der Waals surface area contributed by atoms with Gasteiger partial charge in [0.15, 0.2) is 0 Å². The number of nitrogens with zero attached hydrogens (tertiary/aromatic N) is 3. The second-order valence-corrected chi connectivity index (χ2v) is 3.35. The molecule has 0 atom stereocenters. The predicted octanol–water partition coefficient (Wildman–Crippen LogP) is 2.28. The number of nitrogen functional groups attached to an aromatic ring is 1. The largest absolute Gasteiger partial charge is 0.478 e. The summed E-state index contributed by atoms with van der Waals surface area (Å²) < 4.78 is 0. The van der Waals surface area contributed by atoms with Gasteiger partial charge in [-0.1, -0.05) is 28.6 Å². The fourth-order valence-electron chi connectivity index (χ4n) is 1.10. The zero-order valence-electron chi connectivity index (χ0n) is 8.51. The van der Waals surface area contributed by atoms with Crippen LogP contribution in [0, 0.1) is 11.8 Å². The maximum Gasteiger partial charge on any atom is 0.337 e. The molecule has 0 aromatic heterocycles. The molecular weight excluding hydrogens is 244 g/mol. The van der Waals surface area contributed by atoms with Crippen LogP contribution in [0.4, 0.5) is 5.69 Å². The summed E-state index contributed by atoms with van der Waals surface area (Å²) in [5.41, 5.74) is 13.9. The molecule has 0 aliphatic carbocycles. The van der Waals surface area contributed by atoms with E-state index >= 15 is 0 Å². The molecule has 0 aliphatic heterocycles. The first kappa shape index (κ1) is 12.7. The van der Waals surface area contributed by atoms with E-state index in [1.54, 1.807) is 0 Å². The van der Waals surface area contributed by atoms with Crippen LogP contribution in [-0.2, 0) is 0 Å². The SMILES string of the molecule is [N-]=[N+]=NCC#Cc1cc(Cl)cc(C(=O)O)c1N. The molecule has 3 N–H and O–H groups in total. The Kier molecular flexibility index (Phi) is 4.23. The minimum absolute atomic E-state index is 0.0230. The quantitative estimate of drug-likeness (QED) is 0.276. The van der Waals surface area contributed by atoms with Crippen molar-refractivity contribution in [3.8, 4) is 11.8 Å². The van der Waals surface area contributed by atoms with Crippen molar-refractivity contribution in [3.63, 3.8) is 0 Å². The monoisotopic (exact) mass is 250 g/mol. The molecule has 1 aromatic rings. The van der Waals surface area contributed by atoms with E-state index in [2.05, 4.69) is 21.9 Å². The number of aromatic carboxylic acids is 1. The Morgan fingerprint density at radius 3 is 2.94 bits per heavy atom. The fourth-order valence-corrected chi connectivity index (χ4v) is 1.32. The Labute approximate surface area is 102 Å². The molecule has 1 aromatic carbocycles. The number of benzene rings is 1. The number of azide groups is 1. The second-order valence-electron chi connectivity index (χ2n) is 2.91. The first-order chi connectivity index (χ1) is 8.06. The van der Waals surface area contributed by atoms with E-state index < -0.39 is 5.97 Å². The smallest absolute Gasteiger partial charge is 0.337 e. The minimum Gasteiger partial charge on any atom is -0.478 e. The normalized spacial score (nSPS) is 8.76. The van der Waals surface area contributed by atoms with E-state index in [1.165, 1.54) is 12.1 Å². The van der Waals surface area contributed by atoms with Gasteiger partial charge < -0.3 is 10.8 Å². The molecular formula is C10H7ClN4O2. The third-order valence-corrected chi connectivity index (χ3v) is 2.03. The van der Waals surface area contributed by atoms with Gasteiger partial charge in [0.2, 0.25) is 0 Å². The van der Waals surface area contributed by atoms with Gasteiger partial charge in [-0.3, -0.25) is 0 Å². The summed E-state index contributed by atoms with van der Waals surface area (Å²) in [6, 6.07) is 2.70. The van der Waals surface area contributed by atoms with E-state index in [0.29, 0.717) is 5.56 Å².